The van der Waals surface area contributed by atoms with Gasteiger partial charge in [0.1, 0.15) is 0 Å². The average Bonchev–Trinajstić information content (AvgIpc) is 3.86. The molecule has 6 heteroatoms. The third kappa shape index (κ3) is 4.83. The quantitative estimate of drug-likeness (QED) is 0.162. The lowest BCUT2D eigenvalue weighted by atomic mass is 10.1. The highest BCUT2D eigenvalue weighted by atomic mass is 32.1. The number of hydrogen-bond acceptors (Lipinski definition) is 5. The lowest BCUT2D eigenvalue weighted by Gasteiger charge is -2.11. The fourth-order valence-electron chi connectivity index (χ4n) is 7.37. The molecule has 0 aliphatic heterocycles. The minimum Gasteiger partial charge on any atom is -0.309 e. The molecule has 0 N–H and O–H groups in total. The summed E-state index contributed by atoms with van der Waals surface area (Å²) in [6.07, 6.45) is 6.01. The van der Waals surface area contributed by atoms with Gasteiger partial charge >= 0.3 is 0 Å². The Morgan fingerprint density at radius 2 is 1.25 bits per heavy atom. The van der Waals surface area contributed by atoms with Crippen molar-refractivity contribution < 1.29 is 0 Å². The molecular weight excluding hydrogens is 673 g/mol. The zero-order chi connectivity index (χ0) is 34.8. The van der Waals surface area contributed by atoms with Crippen molar-refractivity contribution in [2.24, 2.45) is 0 Å². The molecule has 0 bridgehead atoms. The van der Waals surface area contributed by atoms with Gasteiger partial charge in [0.2, 0.25) is 0 Å². The van der Waals surface area contributed by atoms with Crippen LogP contribution in [0.3, 0.4) is 0 Å². The summed E-state index contributed by atoms with van der Waals surface area (Å²) in [7, 11) is 0. The molecule has 0 saturated carbocycles. The maximum absolute atomic E-state index is 5.15. The fourth-order valence-corrected chi connectivity index (χ4v) is 9.86. The summed E-state index contributed by atoms with van der Waals surface area (Å²) in [5.74, 6) is 1.97. The second kappa shape index (κ2) is 12.2. The lowest BCUT2D eigenvalue weighted by Crippen LogP contribution is -2.00. The SMILES string of the molecule is C=C/C=C\c1sc2c(ccc3c2c2ccccc2n3-c2ccc(-c3nc(-c4ccccc4)nc(-c4cccc5c4sc4ccccc45)n3)cc2)c1C. The Morgan fingerprint density at radius 1 is 0.558 bits per heavy atom. The van der Waals surface area contributed by atoms with E-state index in [0.29, 0.717) is 17.5 Å². The summed E-state index contributed by atoms with van der Waals surface area (Å²) < 4.78 is 6.12. The number of nitrogens with zero attached hydrogens (tertiary/aromatic N) is 4. The van der Waals surface area contributed by atoms with Crippen molar-refractivity contribution in [3.63, 3.8) is 0 Å². The van der Waals surface area contributed by atoms with Crippen LogP contribution < -0.4 is 0 Å². The summed E-state index contributed by atoms with van der Waals surface area (Å²) in [6.45, 7) is 6.08. The van der Waals surface area contributed by atoms with Crippen LogP contribution in [0.1, 0.15) is 10.4 Å². The van der Waals surface area contributed by atoms with Crippen molar-refractivity contribution >= 4 is 80.8 Å². The normalized spacial score (nSPS) is 11.9. The van der Waals surface area contributed by atoms with E-state index in [0.717, 1.165) is 22.4 Å². The van der Waals surface area contributed by atoms with Crippen molar-refractivity contribution in [3.05, 3.63) is 163 Å². The van der Waals surface area contributed by atoms with Gasteiger partial charge in [-0.05, 0) is 72.5 Å². The van der Waals surface area contributed by atoms with E-state index in [1.165, 1.54) is 62.5 Å². The van der Waals surface area contributed by atoms with Gasteiger partial charge in [0.25, 0.3) is 0 Å². The van der Waals surface area contributed by atoms with E-state index in [1.807, 2.05) is 41.7 Å². The summed E-state index contributed by atoms with van der Waals surface area (Å²) >= 11 is 3.63. The van der Waals surface area contributed by atoms with Gasteiger partial charge in [0.15, 0.2) is 17.5 Å². The lowest BCUT2D eigenvalue weighted by molar-refractivity contribution is 1.08. The standard InChI is InChI=1S/C46H30N4S2/c1-3-4-20-39-28(2)32-26-27-38-41(43(32)51-39)35-16-8-10-19-37(35)50(38)31-24-22-30(23-25-31)45-47-44(29-13-6-5-7-14-29)48-46(49-45)36-18-12-17-34-33-15-9-11-21-40(33)52-42(34)36/h3-27H,1H2,2H3/b20-4-. The molecule has 0 fully saturated rings. The molecule has 246 valence electrons. The minimum atomic E-state index is 0.645. The number of aryl methyl sites for hydroxylation is 1. The first kappa shape index (κ1) is 30.6. The van der Waals surface area contributed by atoms with Gasteiger partial charge in [0.05, 0.1) is 11.0 Å². The van der Waals surface area contributed by atoms with E-state index in [2.05, 4.69) is 139 Å². The third-order valence-electron chi connectivity index (χ3n) is 9.86. The predicted octanol–water partition coefficient (Wildman–Crippen LogP) is 13.1. The Kier molecular flexibility index (Phi) is 7.20. The van der Waals surface area contributed by atoms with E-state index in [4.69, 9.17) is 15.0 Å². The Balaban J connectivity index is 1.13. The van der Waals surface area contributed by atoms with E-state index in [9.17, 15) is 0 Å². The molecule has 0 saturated heterocycles. The van der Waals surface area contributed by atoms with Gasteiger partial charge in [-0.25, -0.2) is 15.0 Å². The van der Waals surface area contributed by atoms with E-state index < -0.39 is 0 Å². The van der Waals surface area contributed by atoms with Gasteiger partial charge in [0, 0.05) is 62.9 Å². The number of allylic oxidation sites excluding steroid dienone is 2. The number of para-hydroxylation sites is 1. The Labute approximate surface area is 308 Å². The number of benzene rings is 6. The maximum Gasteiger partial charge on any atom is 0.165 e. The molecule has 52 heavy (non-hydrogen) atoms. The molecule has 0 radical (unpaired) electrons. The molecule has 4 nitrogen and oxygen atoms in total. The molecule has 10 rings (SSSR count). The minimum absolute atomic E-state index is 0.645. The van der Waals surface area contributed by atoms with Crippen molar-refractivity contribution in [2.75, 3.05) is 0 Å². The van der Waals surface area contributed by atoms with E-state index >= 15 is 0 Å². The number of rotatable bonds is 6. The maximum atomic E-state index is 5.15. The molecule has 0 amide bonds. The molecule has 4 heterocycles. The number of thiophene rings is 2. The van der Waals surface area contributed by atoms with Crippen LogP contribution in [-0.4, -0.2) is 19.5 Å². The first-order valence-corrected chi connectivity index (χ1v) is 18.9. The van der Waals surface area contributed by atoms with Gasteiger partial charge in [-0.3, -0.25) is 0 Å². The van der Waals surface area contributed by atoms with Crippen LogP contribution in [0.2, 0.25) is 0 Å². The fraction of sp³-hybridized carbons (Fsp3) is 0.0217. The van der Waals surface area contributed by atoms with Gasteiger partial charge < -0.3 is 4.57 Å². The first-order chi connectivity index (χ1) is 25.7. The smallest absolute Gasteiger partial charge is 0.165 e. The topological polar surface area (TPSA) is 43.6 Å². The molecule has 0 unspecified atom stereocenters. The number of aromatic nitrogens is 4. The molecule has 0 aliphatic rings. The van der Waals surface area contributed by atoms with Crippen LogP contribution in [-0.2, 0) is 0 Å². The monoisotopic (exact) mass is 702 g/mol. The zero-order valence-electron chi connectivity index (χ0n) is 28.2. The molecule has 4 aromatic heterocycles. The van der Waals surface area contributed by atoms with Crippen LogP contribution >= 0.6 is 22.7 Å². The van der Waals surface area contributed by atoms with Crippen LogP contribution in [0, 0.1) is 6.92 Å². The van der Waals surface area contributed by atoms with Crippen LogP contribution in [0.4, 0.5) is 0 Å². The number of fused-ring (bicyclic) bond motifs is 8. The highest BCUT2D eigenvalue weighted by molar-refractivity contribution is 7.26. The zero-order valence-corrected chi connectivity index (χ0v) is 29.9. The largest absolute Gasteiger partial charge is 0.309 e. The molecular formula is C46H30N4S2. The Bertz CT molecular complexity index is 3040. The molecule has 0 aliphatic carbocycles. The third-order valence-corrected chi connectivity index (χ3v) is 12.4. The molecule has 10 aromatic rings. The van der Waals surface area contributed by atoms with Gasteiger partial charge in [-0.2, -0.15) is 0 Å². The van der Waals surface area contributed by atoms with Crippen molar-refractivity contribution in [1.82, 2.24) is 19.5 Å². The van der Waals surface area contributed by atoms with Gasteiger partial charge in [-0.15, -0.1) is 22.7 Å². The summed E-state index contributed by atoms with van der Waals surface area (Å²) in [4.78, 5) is 16.5. The first-order valence-electron chi connectivity index (χ1n) is 17.2. The van der Waals surface area contributed by atoms with Crippen LogP contribution in [0.5, 0.6) is 0 Å². The Morgan fingerprint density at radius 3 is 2.06 bits per heavy atom. The van der Waals surface area contributed by atoms with Crippen molar-refractivity contribution in [1.29, 1.82) is 0 Å². The van der Waals surface area contributed by atoms with Crippen LogP contribution in [0.25, 0.3) is 98.0 Å². The second-order valence-electron chi connectivity index (χ2n) is 12.9. The molecule has 0 spiro atoms. The summed E-state index contributed by atoms with van der Waals surface area (Å²) in [5.41, 5.74) is 7.65. The second-order valence-corrected chi connectivity index (χ2v) is 15.0. The van der Waals surface area contributed by atoms with Crippen molar-refractivity contribution in [2.45, 2.75) is 6.92 Å². The molecule has 6 aromatic carbocycles. The molecule has 0 atom stereocenters. The predicted molar refractivity (Wildman–Crippen MR) is 223 cm³/mol. The van der Waals surface area contributed by atoms with E-state index in [-0.39, 0.29) is 0 Å². The van der Waals surface area contributed by atoms with Crippen molar-refractivity contribution in [3.8, 4) is 39.9 Å². The Hall–Kier alpha value is -6.21. The highest BCUT2D eigenvalue weighted by Gasteiger charge is 2.19. The van der Waals surface area contributed by atoms with E-state index in [1.54, 1.807) is 11.3 Å². The summed E-state index contributed by atoms with van der Waals surface area (Å²) in [5, 5.41) is 6.30. The number of hydrogen-bond donors (Lipinski definition) is 0. The average molecular weight is 703 g/mol. The highest BCUT2D eigenvalue weighted by Crippen LogP contribution is 2.43. The van der Waals surface area contributed by atoms with Crippen LogP contribution in [0.15, 0.2) is 152 Å². The van der Waals surface area contributed by atoms with Gasteiger partial charge in [-0.1, -0.05) is 104 Å². The summed E-state index contributed by atoms with van der Waals surface area (Å²) in [6, 6.07) is 47.0.